The average molecular weight is 441 g/mol. The lowest BCUT2D eigenvalue weighted by Gasteiger charge is -2.31. The average Bonchev–Trinajstić information content (AvgIpc) is 2.82. The first kappa shape index (κ1) is 25.2. The fourth-order valence-corrected chi connectivity index (χ4v) is 3.43. The molecule has 0 aliphatic heterocycles. The number of methoxy groups -OCH3 is 1. The van der Waals surface area contributed by atoms with Gasteiger partial charge in [0.15, 0.2) is 0 Å². The van der Waals surface area contributed by atoms with E-state index in [-0.39, 0.29) is 11.8 Å². The maximum absolute atomic E-state index is 13.2. The van der Waals surface area contributed by atoms with Crippen molar-refractivity contribution in [2.24, 2.45) is 0 Å². The number of nitrogens with zero attached hydrogens (tertiary/aromatic N) is 1. The van der Waals surface area contributed by atoms with Crippen molar-refractivity contribution in [2.75, 3.05) is 20.3 Å². The Hall–Kier alpha value is -3.02. The highest BCUT2D eigenvalue weighted by Crippen LogP contribution is 2.18. The van der Waals surface area contributed by atoms with Gasteiger partial charge in [-0.15, -0.1) is 0 Å². The third-order valence-corrected chi connectivity index (χ3v) is 5.27. The summed E-state index contributed by atoms with van der Waals surface area (Å²) >= 11 is 0. The Balaban J connectivity index is 2.04. The van der Waals surface area contributed by atoms with Crippen molar-refractivity contribution in [3.8, 4) is 11.5 Å². The van der Waals surface area contributed by atoms with Crippen molar-refractivity contribution in [1.29, 1.82) is 0 Å². The molecule has 0 unspecified atom stereocenters. The van der Waals surface area contributed by atoms with E-state index in [4.69, 9.17) is 9.47 Å². The lowest BCUT2D eigenvalue weighted by Crippen LogP contribution is -2.49. The van der Waals surface area contributed by atoms with Gasteiger partial charge < -0.3 is 19.7 Å². The van der Waals surface area contributed by atoms with E-state index in [2.05, 4.69) is 12.2 Å². The number of unbranched alkanes of at least 4 members (excludes halogenated alkanes) is 1. The van der Waals surface area contributed by atoms with Crippen LogP contribution in [0, 0.1) is 0 Å². The summed E-state index contributed by atoms with van der Waals surface area (Å²) < 4.78 is 10.9. The van der Waals surface area contributed by atoms with Gasteiger partial charge in [-0.1, -0.05) is 50.6 Å². The number of carbonyl (C=O) groups excluding carboxylic acids is 2. The SMILES string of the molecule is CCCCNC(=O)[C@@H](CC)N(Cc1ccc(OC)cc1)C(=O)CCCOc1ccccc1. The van der Waals surface area contributed by atoms with Gasteiger partial charge in [-0.05, 0) is 49.1 Å². The van der Waals surface area contributed by atoms with Crippen LogP contribution in [0.1, 0.15) is 51.5 Å². The highest BCUT2D eigenvalue weighted by Gasteiger charge is 2.28. The van der Waals surface area contributed by atoms with Gasteiger partial charge in [0.2, 0.25) is 11.8 Å². The van der Waals surface area contributed by atoms with Gasteiger partial charge in [-0.25, -0.2) is 0 Å². The Morgan fingerprint density at radius 3 is 2.31 bits per heavy atom. The van der Waals surface area contributed by atoms with Crippen LogP contribution in [0.25, 0.3) is 0 Å². The monoisotopic (exact) mass is 440 g/mol. The fourth-order valence-electron chi connectivity index (χ4n) is 3.43. The molecule has 0 saturated carbocycles. The summed E-state index contributed by atoms with van der Waals surface area (Å²) in [6, 6.07) is 16.7. The van der Waals surface area contributed by atoms with Gasteiger partial charge in [0.1, 0.15) is 17.5 Å². The molecule has 0 aliphatic rings. The number of para-hydroxylation sites is 1. The van der Waals surface area contributed by atoms with Crippen molar-refractivity contribution < 1.29 is 19.1 Å². The molecular formula is C26H36N2O4. The van der Waals surface area contributed by atoms with E-state index in [1.807, 2.05) is 61.5 Å². The molecule has 0 fully saturated rings. The van der Waals surface area contributed by atoms with E-state index in [9.17, 15) is 9.59 Å². The second kappa shape index (κ2) is 14.1. The van der Waals surface area contributed by atoms with Crippen molar-refractivity contribution >= 4 is 11.8 Å². The molecule has 0 aromatic heterocycles. The third kappa shape index (κ3) is 8.25. The minimum Gasteiger partial charge on any atom is -0.497 e. The minimum atomic E-state index is -0.503. The molecule has 6 nitrogen and oxygen atoms in total. The highest BCUT2D eigenvalue weighted by atomic mass is 16.5. The third-order valence-electron chi connectivity index (χ3n) is 5.27. The molecule has 32 heavy (non-hydrogen) atoms. The fraction of sp³-hybridized carbons (Fsp3) is 0.462. The molecule has 2 amide bonds. The van der Waals surface area contributed by atoms with Crippen LogP contribution in [0.15, 0.2) is 54.6 Å². The van der Waals surface area contributed by atoms with E-state index in [1.165, 1.54) is 0 Å². The van der Waals surface area contributed by atoms with Gasteiger partial charge >= 0.3 is 0 Å². The molecule has 0 bridgehead atoms. The second-order valence-corrected chi connectivity index (χ2v) is 7.70. The van der Waals surface area contributed by atoms with Gasteiger partial charge in [0.05, 0.1) is 13.7 Å². The van der Waals surface area contributed by atoms with Crippen LogP contribution in [0.5, 0.6) is 11.5 Å². The number of nitrogens with one attached hydrogen (secondary N) is 1. The van der Waals surface area contributed by atoms with Gasteiger partial charge in [0.25, 0.3) is 0 Å². The number of hydrogen-bond donors (Lipinski definition) is 1. The summed E-state index contributed by atoms with van der Waals surface area (Å²) in [7, 11) is 1.62. The second-order valence-electron chi connectivity index (χ2n) is 7.70. The maximum Gasteiger partial charge on any atom is 0.242 e. The Morgan fingerprint density at radius 2 is 1.69 bits per heavy atom. The first-order valence-electron chi connectivity index (χ1n) is 11.5. The van der Waals surface area contributed by atoms with Gasteiger partial charge in [-0.3, -0.25) is 9.59 Å². The summed E-state index contributed by atoms with van der Waals surface area (Å²) in [4.78, 5) is 27.7. The van der Waals surface area contributed by atoms with Crippen LogP contribution in [0.2, 0.25) is 0 Å². The Kier molecular flexibility index (Phi) is 11.1. The van der Waals surface area contributed by atoms with Crippen LogP contribution in [-0.4, -0.2) is 43.0 Å². The molecule has 2 rings (SSSR count). The van der Waals surface area contributed by atoms with Crippen LogP contribution in [-0.2, 0) is 16.1 Å². The molecule has 174 valence electrons. The Labute approximate surface area is 191 Å². The van der Waals surface area contributed by atoms with E-state index in [1.54, 1.807) is 12.0 Å². The minimum absolute atomic E-state index is 0.0463. The van der Waals surface area contributed by atoms with Crippen LogP contribution in [0.3, 0.4) is 0 Å². The van der Waals surface area contributed by atoms with Crippen molar-refractivity contribution in [1.82, 2.24) is 10.2 Å². The zero-order valence-electron chi connectivity index (χ0n) is 19.5. The summed E-state index contributed by atoms with van der Waals surface area (Å²) in [6.45, 7) is 5.48. The summed E-state index contributed by atoms with van der Waals surface area (Å²) in [5.74, 6) is 1.41. The zero-order valence-corrected chi connectivity index (χ0v) is 19.5. The number of ether oxygens (including phenoxy) is 2. The molecule has 0 saturated heterocycles. The number of benzene rings is 2. The number of hydrogen-bond acceptors (Lipinski definition) is 4. The van der Waals surface area contributed by atoms with Crippen LogP contribution < -0.4 is 14.8 Å². The lowest BCUT2D eigenvalue weighted by molar-refractivity contribution is -0.141. The van der Waals surface area contributed by atoms with Crippen LogP contribution in [0.4, 0.5) is 0 Å². The predicted octanol–water partition coefficient (Wildman–Crippen LogP) is 4.58. The molecule has 1 N–H and O–H groups in total. The number of rotatable bonds is 14. The predicted molar refractivity (Wildman–Crippen MR) is 127 cm³/mol. The van der Waals surface area contributed by atoms with E-state index >= 15 is 0 Å². The highest BCUT2D eigenvalue weighted by molar-refractivity contribution is 5.87. The first-order chi connectivity index (χ1) is 15.6. The Bertz CT molecular complexity index is 808. The van der Waals surface area contributed by atoms with Crippen molar-refractivity contribution in [2.45, 2.75) is 58.5 Å². The molecule has 0 heterocycles. The van der Waals surface area contributed by atoms with Gasteiger partial charge in [-0.2, -0.15) is 0 Å². The molecule has 2 aromatic carbocycles. The molecular weight excluding hydrogens is 404 g/mol. The smallest absolute Gasteiger partial charge is 0.242 e. The lowest BCUT2D eigenvalue weighted by atomic mass is 10.1. The van der Waals surface area contributed by atoms with Crippen molar-refractivity contribution in [3.63, 3.8) is 0 Å². The van der Waals surface area contributed by atoms with E-state index in [0.29, 0.717) is 39.0 Å². The number of carbonyl (C=O) groups is 2. The van der Waals surface area contributed by atoms with E-state index < -0.39 is 6.04 Å². The first-order valence-corrected chi connectivity index (χ1v) is 11.5. The normalized spacial score (nSPS) is 11.5. The molecule has 0 aliphatic carbocycles. The molecule has 2 aromatic rings. The molecule has 0 radical (unpaired) electrons. The topological polar surface area (TPSA) is 67.9 Å². The summed E-state index contributed by atoms with van der Waals surface area (Å²) in [6.07, 6.45) is 3.39. The number of amides is 2. The molecule has 0 spiro atoms. The summed E-state index contributed by atoms with van der Waals surface area (Å²) in [5.41, 5.74) is 0.958. The van der Waals surface area contributed by atoms with E-state index in [0.717, 1.165) is 29.9 Å². The van der Waals surface area contributed by atoms with Gasteiger partial charge in [0, 0.05) is 19.5 Å². The quantitative estimate of drug-likeness (QED) is 0.437. The maximum atomic E-state index is 13.2. The summed E-state index contributed by atoms with van der Waals surface area (Å²) in [5, 5.41) is 2.99. The van der Waals surface area contributed by atoms with Crippen molar-refractivity contribution in [3.05, 3.63) is 60.2 Å². The zero-order chi connectivity index (χ0) is 23.2. The Morgan fingerprint density at radius 1 is 0.969 bits per heavy atom. The standard InChI is InChI=1S/C26H36N2O4/c1-4-6-18-27-26(30)24(5-2)28(20-21-14-16-22(31-3)17-15-21)25(29)13-10-19-32-23-11-8-7-9-12-23/h7-9,11-12,14-17,24H,4-6,10,13,18-20H2,1-3H3,(H,27,30)/t24-/m1/s1. The largest absolute Gasteiger partial charge is 0.497 e. The molecule has 6 heteroatoms. The van der Waals surface area contributed by atoms with Crippen LogP contribution >= 0.6 is 0 Å². The molecule has 1 atom stereocenters.